The molecule has 0 spiro atoms. The molecule has 2 atom stereocenters. The van der Waals surface area contributed by atoms with Gasteiger partial charge in [0, 0.05) is 5.92 Å². The molecule has 3 aliphatic carbocycles. The van der Waals surface area contributed by atoms with Crippen LogP contribution in [0.15, 0.2) is 72.8 Å². The number of halogens is 1. The van der Waals surface area contributed by atoms with Crippen molar-refractivity contribution >= 4 is 33.4 Å². The largest absolute Gasteiger partial charge is 0.274 e. The average Bonchev–Trinajstić information content (AvgIpc) is 3.06. The highest BCUT2D eigenvalue weighted by molar-refractivity contribution is 9.09. The molecule has 0 saturated carbocycles. The number of amides is 2. The fourth-order valence-electron chi connectivity index (χ4n) is 5.62. The third kappa shape index (κ3) is 1.95. The molecule has 2 amide bonds. The first kappa shape index (κ1) is 17.6. The Kier molecular flexibility index (Phi) is 3.46. The van der Waals surface area contributed by atoms with Crippen molar-refractivity contribution < 1.29 is 9.59 Å². The average molecular weight is 455 g/mol. The van der Waals surface area contributed by atoms with Crippen LogP contribution in [0.1, 0.15) is 33.7 Å². The zero-order valence-corrected chi connectivity index (χ0v) is 17.3. The van der Waals surface area contributed by atoms with Crippen LogP contribution in [-0.4, -0.2) is 11.8 Å². The quantitative estimate of drug-likeness (QED) is 0.402. The first-order chi connectivity index (χ1) is 14.6. The van der Waals surface area contributed by atoms with Crippen LogP contribution in [0.3, 0.4) is 0 Å². The van der Waals surface area contributed by atoms with Gasteiger partial charge in [0.25, 0.3) is 0 Å². The van der Waals surface area contributed by atoms with Gasteiger partial charge in [-0.2, -0.15) is 5.26 Å². The van der Waals surface area contributed by atoms with Gasteiger partial charge in [0.2, 0.25) is 11.8 Å². The molecular formula is C25H15BrN2O2. The molecule has 4 aliphatic rings. The van der Waals surface area contributed by atoms with Gasteiger partial charge in [0.1, 0.15) is 0 Å². The SMILES string of the molecule is N#Cc1ccc(N2C(=O)[C@@H]3C4c5ccccc5C(Br)(c5ccccc54)[C@@H]3C2=O)cc1. The minimum absolute atomic E-state index is 0.151. The number of hydrogen-bond acceptors (Lipinski definition) is 3. The highest BCUT2D eigenvalue weighted by atomic mass is 79.9. The molecular weight excluding hydrogens is 440 g/mol. The van der Waals surface area contributed by atoms with Crippen molar-refractivity contribution in [3.8, 4) is 6.07 Å². The van der Waals surface area contributed by atoms with Gasteiger partial charge in [0.05, 0.1) is 33.5 Å². The van der Waals surface area contributed by atoms with E-state index in [0.29, 0.717) is 11.3 Å². The number of carbonyl (C=O) groups is 2. The number of benzene rings is 3. The smallest absolute Gasteiger partial charge is 0.239 e. The van der Waals surface area contributed by atoms with E-state index in [1.807, 2.05) is 24.3 Å². The van der Waals surface area contributed by atoms with Gasteiger partial charge in [0.15, 0.2) is 0 Å². The van der Waals surface area contributed by atoms with Gasteiger partial charge in [-0.3, -0.25) is 9.59 Å². The van der Waals surface area contributed by atoms with Crippen molar-refractivity contribution in [2.24, 2.45) is 11.8 Å². The molecule has 1 aliphatic heterocycles. The molecule has 1 saturated heterocycles. The van der Waals surface area contributed by atoms with Gasteiger partial charge >= 0.3 is 0 Å². The molecule has 0 radical (unpaired) electrons. The Balaban J connectivity index is 1.58. The minimum Gasteiger partial charge on any atom is -0.274 e. The van der Waals surface area contributed by atoms with E-state index in [1.54, 1.807) is 24.3 Å². The Morgan fingerprint density at radius 2 is 1.40 bits per heavy atom. The molecule has 1 fully saturated rings. The molecule has 0 N–H and O–H groups in total. The second kappa shape index (κ2) is 5.90. The number of nitrogens with zero attached hydrogens (tertiary/aromatic N) is 2. The third-order valence-corrected chi connectivity index (χ3v) is 8.12. The number of carbonyl (C=O) groups excluding carboxylic acids is 2. The fourth-order valence-corrected chi connectivity index (χ4v) is 6.82. The zero-order chi connectivity index (χ0) is 20.6. The van der Waals surface area contributed by atoms with Crippen molar-refractivity contribution in [1.82, 2.24) is 0 Å². The van der Waals surface area contributed by atoms with Gasteiger partial charge < -0.3 is 0 Å². The van der Waals surface area contributed by atoms with Gasteiger partial charge in [-0.1, -0.05) is 64.5 Å². The topological polar surface area (TPSA) is 61.2 Å². The van der Waals surface area contributed by atoms with E-state index < -0.39 is 16.2 Å². The molecule has 0 aromatic heterocycles. The van der Waals surface area contributed by atoms with E-state index in [0.717, 1.165) is 22.3 Å². The van der Waals surface area contributed by atoms with Crippen LogP contribution in [0.5, 0.6) is 0 Å². The van der Waals surface area contributed by atoms with Crippen molar-refractivity contribution in [2.45, 2.75) is 10.2 Å². The van der Waals surface area contributed by atoms with Gasteiger partial charge in [-0.05, 0) is 46.5 Å². The summed E-state index contributed by atoms with van der Waals surface area (Å²) in [4.78, 5) is 28.7. The summed E-state index contributed by atoms with van der Waals surface area (Å²) in [5, 5.41) is 9.07. The van der Waals surface area contributed by atoms with E-state index >= 15 is 0 Å². The van der Waals surface area contributed by atoms with E-state index in [4.69, 9.17) is 5.26 Å². The van der Waals surface area contributed by atoms with E-state index in [2.05, 4.69) is 46.3 Å². The number of hydrogen-bond donors (Lipinski definition) is 0. The molecule has 3 aromatic rings. The number of rotatable bonds is 1. The van der Waals surface area contributed by atoms with Crippen LogP contribution in [0.2, 0.25) is 0 Å². The van der Waals surface area contributed by atoms with Gasteiger partial charge in [-0.25, -0.2) is 4.90 Å². The fraction of sp³-hybridized carbons (Fsp3) is 0.160. The number of nitriles is 1. The lowest BCUT2D eigenvalue weighted by molar-refractivity contribution is -0.122. The first-order valence-electron chi connectivity index (χ1n) is 9.83. The zero-order valence-electron chi connectivity index (χ0n) is 15.7. The summed E-state index contributed by atoms with van der Waals surface area (Å²) in [5.41, 5.74) is 5.36. The highest BCUT2D eigenvalue weighted by Gasteiger charge is 2.67. The number of imide groups is 1. The summed E-state index contributed by atoms with van der Waals surface area (Å²) in [6.45, 7) is 0. The molecule has 2 bridgehead atoms. The molecule has 3 aromatic carbocycles. The molecule has 5 heteroatoms. The van der Waals surface area contributed by atoms with Crippen LogP contribution >= 0.6 is 15.9 Å². The third-order valence-electron chi connectivity index (χ3n) is 6.77. The Morgan fingerprint density at radius 1 is 0.833 bits per heavy atom. The maximum Gasteiger partial charge on any atom is 0.239 e. The Bertz CT molecular complexity index is 1240. The second-order valence-corrected chi connectivity index (χ2v) is 9.29. The molecule has 30 heavy (non-hydrogen) atoms. The first-order valence-corrected chi connectivity index (χ1v) is 10.6. The van der Waals surface area contributed by atoms with Crippen LogP contribution in [0.25, 0.3) is 0 Å². The van der Waals surface area contributed by atoms with Crippen LogP contribution < -0.4 is 4.90 Å². The van der Waals surface area contributed by atoms with E-state index in [-0.39, 0.29) is 17.7 Å². The lowest BCUT2D eigenvalue weighted by atomic mass is 9.55. The normalized spacial score (nSPS) is 28.0. The molecule has 4 nitrogen and oxygen atoms in total. The predicted octanol–water partition coefficient (Wildman–Crippen LogP) is 4.46. The number of alkyl halides is 1. The minimum atomic E-state index is -0.742. The van der Waals surface area contributed by atoms with Crippen molar-refractivity contribution in [3.63, 3.8) is 0 Å². The molecule has 1 heterocycles. The Hall–Kier alpha value is -3.23. The number of anilines is 1. The summed E-state index contributed by atoms with van der Waals surface area (Å²) in [5.74, 6) is -1.50. The maximum atomic E-state index is 13.7. The van der Waals surface area contributed by atoms with E-state index in [9.17, 15) is 9.59 Å². The second-order valence-electron chi connectivity index (χ2n) is 8.04. The van der Waals surface area contributed by atoms with Crippen molar-refractivity contribution in [1.29, 1.82) is 5.26 Å². The van der Waals surface area contributed by atoms with E-state index in [1.165, 1.54) is 4.90 Å². The predicted molar refractivity (Wildman–Crippen MR) is 115 cm³/mol. The Morgan fingerprint density at radius 3 is 1.97 bits per heavy atom. The summed E-state index contributed by atoms with van der Waals surface area (Å²) in [6, 6.07) is 24.9. The van der Waals surface area contributed by atoms with Crippen molar-refractivity contribution in [2.75, 3.05) is 4.90 Å². The molecule has 7 rings (SSSR count). The highest BCUT2D eigenvalue weighted by Crippen LogP contribution is 2.66. The molecule has 0 unspecified atom stereocenters. The van der Waals surface area contributed by atoms with Crippen LogP contribution in [0, 0.1) is 23.2 Å². The van der Waals surface area contributed by atoms with Crippen LogP contribution in [-0.2, 0) is 13.9 Å². The summed E-state index contributed by atoms with van der Waals surface area (Å²) >= 11 is 3.99. The lowest BCUT2D eigenvalue weighted by Crippen LogP contribution is -2.50. The summed E-state index contributed by atoms with van der Waals surface area (Å²) in [7, 11) is 0. The molecule has 144 valence electrons. The standard InChI is InChI=1S/C25H15BrN2O2/c26-25-18-7-3-1-5-16(18)20(17-6-2-4-8-19(17)25)21-22(25)24(30)28(23(21)29)15-11-9-14(13-27)10-12-15/h1-12,20-22H/t20?,21-,22+,25?/m1/s1. The lowest BCUT2D eigenvalue weighted by Gasteiger charge is -2.51. The Labute approximate surface area is 181 Å². The summed E-state index contributed by atoms with van der Waals surface area (Å²) < 4.78 is -0.742. The van der Waals surface area contributed by atoms with Crippen molar-refractivity contribution in [3.05, 3.63) is 101 Å². The monoisotopic (exact) mass is 454 g/mol. The summed E-state index contributed by atoms with van der Waals surface area (Å²) in [6.07, 6.45) is 0. The van der Waals surface area contributed by atoms with Crippen LogP contribution in [0.4, 0.5) is 5.69 Å². The maximum absolute atomic E-state index is 13.7. The van der Waals surface area contributed by atoms with Gasteiger partial charge in [-0.15, -0.1) is 0 Å².